The first kappa shape index (κ1) is 29.3. The number of ether oxygens (including phenoxy) is 3. The van der Waals surface area contributed by atoms with E-state index in [9.17, 15) is 23.5 Å². The molecule has 0 bridgehead atoms. The molecule has 1 heterocycles. The molecule has 0 aliphatic rings. The summed E-state index contributed by atoms with van der Waals surface area (Å²) in [4.78, 5) is 33.7. The van der Waals surface area contributed by atoms with Crippen molar-refractivity contribution in [3.63, 3.8) is 0 Å². The van der Waals surface area contributed by atoms with Crippen LogP contribution in [0.3, 0.4) is 0 Å². The van der Waals surface area contributed by atoms with E-state index in [0.29, 0.717) is 52.4 Å². The van der Waals surface area contributed by atoms with E-state index in [2.05, 4.69) is 21.0 Å². The molecule has 0 saturated carbocycles. The highest BCUT2D eigenvalue weighted by atomic mass is 19.1. The number of carboxylic acids is 1. The molecule has 0 spiro atoms. The van der Waals surface area contributed by atoms with Crippen LogP contribution in [0.1, 0.15) is 28.4 Å². The number of carboxylic acid groups (broad SMARTS) is 1. The van der Waals surface area contributed by atoms with Crippen molar-refractivity contribution >= 4 is 28.6 Å². The average molecular weight is 568 g/mol. The highest BCUT2D eigenvalue weighted by Gasteiger charge is 2.27. The molecule has 4 aromatic rings. The Labute approximate surface area is 234 Å². The Bertz CT molecular complexity index is 1570. The van der Waals surface area contributed by atoms with Gasteiger partial charge in [0.05, 0.1) is 37.4 Å². The number of nitrogens with one attached hydrogen (secondary N) is 1. The van der Waals surface area contributed by atoms with Crippen molar-refractivity contribution in [1.29, 1.82) is 0 Å². The molecule has 0 aliphatic heterocycles. The summed E-state index contributed by atoms with van der Waals surface area (Å²) in [5.74, 6) is -3.89. The van der Waals surface area contributed by atoms with Gasteiger partial charge in [0, 0.05) is 43.1 Å². The van der Waals surface area contributed by atoms with E-state index in [1.807, 2.05) is 19.1 Å². The highest BCUT2D eigenvalue weighted by Crippen LogP contribution is 2.42. The second kappa shape index (κ2) is 12.7. The Hall–Kier alpha value is -4.68. The first-order valence-corrected chi connectivity index (χ1v) is 12.6. The molecular formula is C29H29F2N4O6+. The van der Waals surface area contributed by atoms with Crippen LogP contribution < -0.4 is 20.5 Å². The van der Waals surface area contributed by atoms with E-state index >= 15 is 0 Å². The van der Waals surface area contributed by atoms with Crippen molar-refractivity contribution in [2.45, 2.75) is 26.0 Å². The van der Waals surface area contributed by atoms with Gasteiger partial charge >= 0.3 is 5.97 Å². The van der Waals surface area contributed by atoms with Gasteiger partial charge in [0.15, 0.2) is 0 Å². The Balaban J connectivity index is 1.74. The molecule has 5 N–H and O–H groups in total. The maximum atomic E-state index is 14.3. The number of nitrogens with zero attached hydrogens (tertiary/aromatic N) is 2. The van der Waals surface area contributed by atoms with Crippen molar-refractivity contribution in [3.8, 4) is 22.6 Å². The first-order valence-electron chi connectivity index (χ1n) is 12.6. The molecule has 1 unspecified atom stereocenters. The topological polar surface area (TPSA) is 148 Å². The van der Waals surface area contributed by atoms with Gasteiger partial charge in [-0.1, -0.05) is 12.1 Å². The van der Waals surface area contributed by atoms with Gasteiger partial charge in [0.2, 0.25) is 0 Å². The number of rotatable bonds is 11. The van der Waals surface area contributed by atoms with Gasteiger partial charge in [-0.25, -0.2) is 13.6 Å². The number of methoxy groups -OCH3 is 2. The zero-order valence-corrected chi connectivity index (χ0v) is 22.7. The molecule has 1 atom stereocenters. The summed E-state index contributed by atoms with van der Waals surface area (Å²) < 4.78 is 45.5. The fourth-order valence-corrected chi connectivity index (χ4v) is 4.51. The summed E-state index contributed by atoms with van der Waals surface area (Å²) in [5, 5.41) is 12.1. The number of benzene rings is 3. The minimum Gasteiger partial charge on any atom is -0.496 e. The van der Waals surface area contributed by atoms with Gasteiger partial charge in [0.1, 0.15) is 40.4 Å². The van der Waals surface area contributed by atoms with Crippen LogP contribution in [0.2, 0.25) is 0 Å². The molecule has 4 rings (SSSR count). The lowest BCUT2D eigenvalue weighted by Gasteiger charge is -2.19. The Morgan fingerprint density at radius 3 is 2.17 bits per heavy atom. The third kappa shape index (κ3) is 6.23. The highest BCUT2D eigenvalue weighted by molar-refractivity contribution is 5.99. The molecule has 0 aliphatic carbocycles. The summed E-state index contributed by atoms with van der Waals surface area (Å²) in [6, 6.07) is 7.29. The third-order valence-electron chi connectivity index (χ3n) is 6.37. The summed E-state index contributed by atoms with van der Waals surface area (Å²) in [6.45, 7) is 2.79. The molecule has 0 radical (unpaired) electrons. The van der Waals surface area contributed by atoms with Gasteiger partial charge in [-0.15, -0.1) is 0 Å². The van der Waals surface area contributed by atoms with Gasteiger partial charge in [-0.05, 0) is 30.2 Å². The van der Waals surface area contributed by atoms with Crippen LogP contribution in [0.5, 0.6) is 11.5 Å². The Morgan fingerprint density at radius 2 is 1.61 bits per heavy atom. The van der Waals surface area contributed by atoms with E-state index in [4.69, 9.17) is 14.2 Å². The van der Waals surface area contributed by atoms with E-state index in [1.165, 1.54) is 26.6 Å². The van der Waals surface area contributed by atoms with Gasteiger partial charge in [0.25, 0.3) is 5.91 Å². The maximum absolute atomic E-state index is 14.3. The number of aromatic nitrogens is 2. The van der Waals surface area contributed by atoms with E-state index < -0.39 is 35.1 Å². The van der Waals surface area contributed by atoms with E-state index in [-0.39, 0.29) is 12.1 Å². The largest absolute Gasteiger partial charge is 0.496 e. The van der Waals surface area contributed by atoms with Crippen molar-refractivity contribution < 1.29 is 43.4 Å². The molecule has 0 saturated heterocycles. The van der Waals surface area contributed by atoms with Crippen molar-refractivity contribution in [2.75, 3.05) is 20.8 Å². The standard InChI is InChI=1S/C29H28F2N4O6/c1-4-41-14-15-9-22(39-2)24(23(10-15)40-3)18-6-5-16(26-27(18)34-8-7-33-26)11-21(29(37)38)35-28(36)25-19(30)12-17(32)13-20(25)31/h5-10,12-13,21H,4,11,14,32H2,1-3H3,(H,35,36)(H,37,38)/p+1. The van der Waals surface area contributed by atoms with Crippen LogP contribution in [0.25, 0.3) is 22.2 Å². The number of quaternary nitrogens is 1. The predicted molar refractivity (Wildman–Crippen MR) is 145 cm³/mol. The summed E-state index contributed by atoms with van der Waals surface area (Å²) in [7, 11) is 3.06. The van der Waals surface area contributed by atoms with Crippen LogP contribution in [-0.2, 0) is 22.6 Å². The van der Waals surface area contributed by atoms with Crippen LogP contribution in [0.4, 0.5) is 14.5 Å². The van der Waals surface area contributed by atoms with Crippen molar-refractivity contribution in [2.24, 2.45) is 0 Å². The molecule has 3 aromatic carbocycles. The number of hydrogen-bond donors (Lipinski definition) is 3. The zero-order valence-electron chi connectivity index (χ0n) is 22.7. The molecular weight excluding hydrogens is 538 g/mol. The van der Waals surface area contributed by atoms with Crippen LogP contribution >= 0.6 is 0 Å². The SMILES string of the molecule is CCOCc1cc(OC)c(-c2ccc(CC(NC(=O)c3c(F)cc([NH3+])cc3F)C(=O)O)c3nccnc23)c(OC)c1. The number of aliphatic carboxylic acids is 1. The number of carbonyl (C=O) groups is 2. The quantitative estimate of drug-likeness (QED) is 0.250. The molecule has 41 heavy (non-hydrogen) atoms. The second-order valence-electron chi connectivity index (χ2n) is 9.04. The number of carbonyl (C=O) groups excluding carboxylic acids is 1. The smallest absolute Gasteiger partial charge is 0.326 e. The number of fused-ring (bicyclic) bond motifs is 1. The van der Waals surface area contributed by atoms with E-state index in [0.717, 1.165) is 17.7 Å². The second-order valence-corrected chi connectivity index (χ2v) is 9.04. The number of amides is 1. The lowest BCUT2D eigenvalue weighted by atomic mass is 9.95. The number of halogens is 2. The molecule has 1 amide bonds. The minimum absolute atomic E-state index is 0.0358. The van der Waals surface area contributed by atoms with Gasteiger partial charge in [-0.2, -0.15) is 0 Å². The first-order chi connectivity index (χ1) is 19.7. The van der Waals surface area contributed by atoms with Crippen LogP contribution in [0.15, 0.2) is 48.8 Å². The van der Waals surface area contributed by atoms with Gasteiger partial charge in [-0.3, -0.25) is 14.8 Å². The molecule has 12 heteroatoms. The molecule has 1 aromatic heterocycles. The normalized spacial score (nSPS) is 11.8. The predicted octanol–water partition coefficient (Wildman–Crippen LogP) is 3.43. The van der Waals surface area contributed by atoms with Crippen molar-refractivity contribution in [3.05, 3.63) is 77.1 Å². The lowest BCUT2D eigenvalue weighted by molar-refractivity contribution is -0.255. The lowest BCUT2D eigenvalue weighted by Crippen LogP contribution is -2.43. The monoisotopic (exact) mass is 567 g/mol. The Kier molecular flexibility index (Phi) is 9.05. The maximum Gasteiger partial charge on any atom is 0.326 e. The zero-order chi connectivity index (χ0) is 29.7. The van der Waals surface area contributed by atoms with Gasteiger partial charge < -0.3 is 30.4 Å². The summed E-state index contributed by atoms with van der Waals surface area (Å²) in [5.41, 5.74) is 5.88. The summed E-state index contributed by atoms with van der Waals surface area (Å²) in [6.07, 6.45) is 2.70. The van der Waals surface area contributed by atoms with E-state index in [1.54, 1.807) is 12.1 Å². The average Bonchev–Trinajstić information content (AvgIpc) is 2.94. The Morgan fingerprint density at radius 1 is 1.00 bits per heavy atom. The molecule has 0 fully saturated rings. The van der Waals surface area contributed by atoms with Crippen LogP contribution in [-0.4, -0.2) is 53.8 Å². The third-order valence-corrected chi connectivity index (χ3v) is 6.37. The van der Waals surface area contributed by atoms with Crippen molar-refractivity contribution in [1.82, 2.24) is 15.3 Å². The van der Waals surface area contributed by atoms with Crippen LogP contribution in [0, 0.1) is 11.6 Å². The molecule has 10 nitrogen and oxygen atoms in total. The summed E-state index contributed by atoms with van der Waals surface area (Å²) >= 11 is 0. The molecule has 214 valence electrons. The number of hydrogen-bond acceptors (Lipinski definition) is 7. The fourth-order valence-electron chi connectivity index (χ4n) is 4.51. The fraction of sp³-hybridized carbons (Fsp3) is 0.241. The minimum atomic E-state index is -1.53.